The lowest BCUT2D eigenvalue weighted by atomic mass is 9.97. The average molecular weight is 405 g/mol. The molecule has 1 saturated carbocycles. The molecule has 148 valence electrons. The Hall–Kier alpha value is -2.62. The topological polar surface area (TPSA) is 122 Å². The van der Waals surface area contributed by atoms with Gasteiger partial charge in [-0.2, -0.15) is 0 Å². The molecule has 1 aliphatic heterocycles. The Kier molecular flexibility index (Phi) is 4.53. The van der Waals surface area contributed by atoms with Crippen molar-refractivity contribution >= 4 is 16.0 Å². The molecule has 28 heavy (non-hydrogen) atoms. The summed E-state index contributed by atoms with van der Waals surface area (Å²) >= 11 is 0. The second-order valence-electron chi connectivity index (χ2n) is 6.84. The van der Waals surface area contributed by atoms with Crippen LogP contribution in [0.1, 0.15) is 30.7 Å². The van der Waals surface area contributed by atoms with Gasteiger partial charge in [0.05, 0.1) is 4.90 Å². The standard InChI is InChI=1S/C19H19NO7S/c21-18(22)19(23,20-28(24,25)12-6-2-1-3-7-12)27-16-11-5-9-14-13-8-4-10-15(13)26-17(14)16/h1-3,5-7,9,11,13,15,20,23H,4,8,10H2,(H,21,22)/t13-,15?,19?/m1/s1. The number of benzene rings is 2. The third kappa shape index (κ3) is 3.21. The summed E-state index contributed by atoms with van der Waals surface area (Å²) in [5.74, 6) is -4.60. The lowest BCUT2D eigenvalue weighted by Crippen LogP contribution is -2.58. The van der Waals surface area contributed by atoms with Crippen LogP contribution in [0.2, 0.25) is 0 Å². The minimum absolute atomic E-state index is 0.0151. The van der Waals surface area contributed by atoms with E-state index >= 15 is 0 Å². The second-order valence-corrected chi connectivity index (χ2v) is 8.52. The molecular formula is C19H19NO7S. The highest BCUT2D eigenvalue weighted by molar-refractivity contribution is 7.89. The summed E-state index contributed by atoms with van der Waals surface area (Å²) in [6.45, 7) is 0. The van der Waals surface area contributed by atoms with Gasteiger partial charge in [0.15, 0.2) is 11.5 Å². The molecule has 3 N–H and O–H groups in total. The van der Waals surface area contributed by atoms with E-state index in [0.29, 0.717) is 5.75 Å². The van der Waals surface area contributed by atoms with E-state index in [-0.39, 0.29) is 22.7 Å². The normalized spacial score (nSPS) is 22.6. The number of carbonyl (C=O) groups is 1. The van der Waals surface area contributed by atoms with Crippen molar-refractivity contribution in [2.45, 2.75) is 42.1 Å². The Morgan fingerprint density at radius 3 is 2.61 bits per heavy atom. The zero-order valence-corrected chi connectivity index (χ0v) is 15.6. The average Bonchev–Trinajstić information content (AvgIpc) is 3.24. The number of carboxylic acid groups (broad SMARTS) is 1. The Bertz CT molecular complexity index is 1010. The predicted molar refractivity (Wildman–Crippen MR) is 97.4 cm³/mol. The van der Waals surface area contributed by atoms with Crippen molar-refractivity contribution in [2.75, 3.05) is 0 Å². The molecule has 4 rings (SSSR count). The molecule has 1 aliphatic carbocycles. The van der Waals surface area contributed by atoms with Gasteiger partial charge in [0.1, 0.15) is 6.10 Å². The Labute approximate surface area is 161 Å². The third-order valence-corrected chi connectivity index (χ3v) is 6.44. The van der Waals surface area contributed by atoms with Crippen LogP contribution in [-0.4, -0.2) is 36.6 Å². The van der Waals surface area contributed by atoms with Crippen LogP contribution in [0, 0.1) is 0 Å². The molecule has 0 radical (unpaired) electrons. The fraction of sp³-hybridized carbons (Fsp3) is 0.316. The van der Waals surface area contributed by atoms with E-state index in [1.165, 1.54) is 30.3 Å². The van der Waals surface area contributed by atoms with Crippen LogP contribution >= 0.6 is 0 Å². The lowest BCUT2D eigenvalue weighted by molar-refractivity contribution is -0.197. The first kappa shape index (κ1) is 18.7. The highest BCUT2D eigenvalue weighted by Crippen LogP contribution is 2.50. The van der Waals surface area contributed by atoms with Gasteiger partial charge in [-0.1, -0.05) is 30.3 Å². The molecule has 0 saturated heterocycles. The van der Waals surface area contributed by atoms with Gasteiger partial charge in [-0.15, -0.1) is 4.72 Å². The number of fused-ring (bicyclic) bond motifs is 3. The number of sulfonamides is 1. The molecule has 3 atom stereocenters. The molecule has 2 aromatic rings. The summed E-state index contributed by atoms with van der Waals surface area (Å²) in [5, 5.41) is 20.0. The Balaban J connectivity index is 1.65. The molecule has 0 bridgehead atoms. The van der Waals surface area contributed by atoms with Gasteiger partial charge < -0.3 is 19.7 Å². The maximum atomic E-state index is 12.5. The molecule has 0 spiro atoms. The van der Waals surface area contributed by atoms with Crippen LogP contribution < -0.4 is 14.2 Å². The number of aliphatic hydroxyl groups is 1. The highest BCUT2D eigenvalue weighted by atomic mass is 32.2. The Morgan fingerprint density at radius 2 is 1.89 bits per heavy atom. The fourth-order valence-electron chi connectivity index (χ4n) is 3.71. The molecular weight excluding hydrogens is 386 g/mol. The molecule has 2 unspecified atom stereocenters. The van der Waals surface area contributed by atoms with Crippen LogP contribution in [0.25, 0.3) is 0 Å². The van der Waals surface area contributed by atoms with E-state index in [9.17, 15) is 23.4 Å². The molecule has 2 aliphatic rings. The Morgan fingerprint density at radius 1 is 1.14 bits per heavy atom. The summed E-state index contributed by atoms with van der Waals surface area (Å²) in [4.78, 5) is 11.5. The number of nitrogens with one attached hydrogen (secondary N) is 1. The maximum absolute atomic E-state index is 12.5. The number of para-hydroxylation sites is 1. The third-order valence-electron chi connectivity index (χ3n) is 5.00. The summed E-state index contributed by atoms with van der Waals surface area (Å²) in [7, 11) is -4.36. The van der Waals surface area contributed by atoms with E-state index in [1.807, 2.05) is 6.07 Å². The van der Waals surface area contributed by atoms with E-state index in [4.69, 9.17) is 9.47 Å². The molecule has 1 heterocycles. The van der Waals surface area contributed by atoms with Crippen LogP contribution in [0.15, 0.2) is 53.4 Å². The van der Waals surface area contributed by atoms with Crippen LogP contribution in [-0.2, 0) is 14.8 Å². The van der Waals surface area contributed by atoms with E-state index in [1.54, 1.807) is 16.9 Å². The van der Waals surface area contributed by atoms with Crippen molar-refractivity contribution in [3.05, 3.63) is 54.1 Å². The number of ether oxygens (including phenoxy) is 2. The largest absolute Gasteiger partial charge is 0.486 e. The van der Waals surface area contributed by atoms with Gasteiger partial charge in [0.2, 0.25) is 10.0 Å². The van der Waals surface area contributed by atoms with Crippen molar-refractivity contribution in [2.24, 2.45) is 0 Å². The maximum Gasteiger partial charge on any atom is 0.395 e. The van der Waals surface area contributed by atoms with E-state index in [0.717, 1.165) is 24.8 Å². The van der Waals surface area contributed by atoms with Gasteiger partial charge in [0.25, 0.3) is 0 Å². The van der Waals surface area contributed by atoms with E-state index in [2.05, 4.69) is 0 Å². The van der Waals surface area contributed by atoms with Gasteiger partial charge in [-0.25, -0.2) is 13.2 Å². The predicted octanol–water partition coefficient (Wildman–Crippen LogP) is 1.80. The highest BCUT2D eigenvalue weighted by Gasteiger charge is 2.46. The fourth-order valence-corrected chi connectivity index (χ4v) is 4.84. The van der Waals surface area contributed by atoms with Gasteiger partial charge in [0, 0.05) is 11.5 Å². The first-order valence-electron chi connectivity index (χ1n) is 8.83. The zero-order valence-electron chi connectivity index (χ0n) is 14.7. The number of aliphatic carboxylic acids is 1. The molecule has 1 fully saturated rings. The van der Waals surface area contributed by atoms with Gasteiger partial charge in [-0.3, -0.25) is 0 Å². The lowest BCUT2D eigenvalue weighted by Gasteiger charge is -2.26. The van der Waals surface area contributed by atoms with Crippen LogP contribution in [0.4, 0.5) is 0 Å². The smallest absolute Gasteiger partial charge is 0.395 e. The van der Waals surface area contributed by atoms with Gasteiger partial charge in [-0.05, 0) is 37.5 Å². The van der Waals surface area contributed by atoms with E-state index < -0.39 is 21.9 Å². The number of hydrogen-bond donors (Lipinski definition) is 3. The van der Waals surface area contributed by atoms with Crippen molar-refractivity contribution in [3.63, 3.8) is 0 Å². The SMILES string of the molecule is O=C(O)C(O)(NS(=O)(=O)c1ccccc1)Oc1cccc2c1OC1CCC[C@H]21. The first-order chi connectivity index (χ1) is 13.3. The number of rotatable bonds is 6. The molecule has 8 nitrogen and oxygen atoms in total. The van der Waals surface area contributed by atoms with Crippen LogP contribution in [0.5, 0.6) is 11.5 Å². The van der Waals surface area contributed by atoms with Crippen molar-refractivity contribution in [1.29, 1.82) is 0 Å². The first-order valence-corrected chi connectivity index (χ1v) is 10.3. The molecule has 9 heteroatoms. The quantitative estimate of drug-likeness (QED) is 0.627. The summed E-state index contributed by atoms with van der Waals surface area (Å²) < 4.78 is 37.9. The van der Waals surface area contributed by atoms with Crippen molar-refractivity contribution < 1.29 is 32.9 Å². The minimum atomic E-state index is -4.36. The second kappa shape index (κ2) is 6.77. The summed E-state index contributed by atoms with van der Waals surface area (Å²) in [6.07, 6.45) is 2.85. The van der Waals surface area contributed by atoms with Gasteiger partial charge >= 0.3 is 11.9 Å². The summed E-state index contributed by atoms with van der Waals surface area (Å²) in [5.41, 5.74) is 0.874. The molecule has 0 aromatic heterocycles. The minimum Gasteiger partial charge on any atom is -0.486 e. The number of hydrogen-bond acceptors (Lipinski definition) is 6. The monoisotopic (exact) mass is 405 g/mol. The van der Waals surface area contributed by atoms with Crippen LogP contribution in [0.3, 0.4) is 0 Å². The molecule has 0 amide bonds. The van der Waals surface area contributed by atoms with Crippen molar-refractivity contribution in [3.8, 4) is 11.5 Å². The van der Waals surface area contributed by atoms with Crippen molar-refractivity contribution in [1.82, 2.24) is 4.72 Å². The number of carboxylic acids is 1. The summed E-state index contributed by atoms with van der Waals surface area (Å²) in [6, 6.07) is 12.1. The zero-order chi connectivity index (χ0) is 19.9. The molecule has 2 aromatic carbocycles.